The van der Waals surface area contributed by atoms with E-state index in [9.17, 15) is 4.79 Å². The summed E-state index contributed by atoms with van der Waals surface area (Å²) in [7, 11) is 0. The lowest BCUT2D eigenvalue weighted by Gasteiger charge is -2.07. The van der Waals surface area contributed by atoms with Gasteiger partial charge in [-0.1, -0.05) is 35.2 Å². The van der Waals surface area contributed by atoms with Gasteiger partial charge in [-0.2, -0.15) is 0 Å². The minimum absolute atomic E-state index is 0.0480. The van der Waals surface area contributed by atoms with Gasteiger partial charge < -0.3 is 0 Å². The van der Waals surface area contributed by atoms with E-state index in [-0.39, 0.29) is 5.78 Å². The van der Waals surface area contributed by atoms with E-state index in [0.29, 0.717) is 5.03 Å². The summed E-state index contributed by atoms with van der Waals surface area (Å²) in [4.78, 5) is 11.7. The van der Waals surface area contributed by atoms with E-state index in [4.69, 9.17) is 18.0 Å². The predicted octanol–water partition coefficient (Wildman–Crippen LogP) is 3.22. The van der Waals surface area contributed by atoms with E-state index in [0.717, 1.165) is 17.6 Å². The highest BCUT2D eigenvalue weighted by Crippen LogP contribution is 2.26. The first kappa shape index (κ1) is 11.8. The summed E-state index contributed by atoms with van der Waals surface area (Å²) in [5.41, 5.74) is 1.70. The minimum atomic E-state index is -0.439. The maximum atomic E-state index is 11.7. The van der Waals surface area contributed by atoms with Crippen molar-refractivity contribution in [3.8, 4) is 12.3 Å². The van der Waals surface area contributed by atoms with Crippen LogP contribution in [-0.2, 0) is 4.79 Å². The number of carbonyl (C=O) groups is 1. The molecule has 2 heteroatoms. The molecule has 0 saturated carbocycles. The third-order valence-electron chi connectivity index (χ3n) is 2.18. The van der Waals surface area contributed by atoms with Gasteiger partial charge in [-0.05, 0) is 31.9 Å². The highest BCUT2D eigenvalue weighted by molar-refractivity contribution is 6.29. The molecule has 0 fully saturated rings. The minimum Gasteiger partial charge on any atom is -0.293 e. The monoisotopic (exact) mass is 220 g/mol. The summed E-state index contributed by atoms with van der Waals surface area (Å²) >= 11 is 5.69. The Balaban J connectivity index is 2.79. The molecule has 78 valence electrons. The van der Waals surface area contributed by atoms with Gasteiger partial charge in [0.2, 0.25) is 0 Å². The van der Waals surface area contributed by atoms with Crippen molar-refractivity contribution >= 4 is 17.4 Å². The summed E-state index contributed by atoms with van der Waals surface area (Å²) in [6.07, 6.45) is 11.6. The number of Topliss-reactive ketones (excluding diaryl/α,β-unsaturated/α-hetero) is 1. The van der Waals surface area contributed by atoms with Crippen LogP contribution in [0.3, 0.4) is 0 Å². The first-order chi connectivity index (χ1) is 7.06. The summed E-state index contributed by atoms with van der Waals surface area (Å²) in [5.74, 6) is 2.12. The van der Waals surface area contributed by atoms with E-state index in [1.807, 2.05) is 13.0 Å². The molecule has 0 aliphatic heterocycles. The van der Waals surface area contributed by atoms with Gasteiger partial charge in [-0.15, -0.1) is 6.42 Å². The second kappa shape index (κ2) is 5.00. The van der Waals surface area contributed by atoms with Crippen molar-refractivity contribution in [2.45, 2.75) is 20.3 Å². The third kappa shape index (κ3) is 3.42. The van der Waals surface area contributed by atoms with Crippen LogP contribution in [0.5, 0.6) is 0 Å². The molecule has 1 unspecified atom stereocenters. The van der Waals surface area contributed by atoms with Crippen LogP contribution in [0.25, 0.3) is 0 Å². The fourth-order valence-corrected chi connectivity index (χ4v) is 1.26. The Labute approximate surface area is 95.5 Å². The molecule has 1 atom stereocenters. The molecular formula is C13H13ClO. The molecule has 0 saturated heterocycles. The molecule has 1 aliphatic carbocycles. The summed E-state index contributed by atoms with van der Waals surface area (Å²) in [6.45, 7) is 3.63. The van der Waals surface area contributed by atoms with Crippen molar-refractivity contribution in [1.29, 1.82) is 0 Å². The number of hydrogen-bond acceptors (Lipinski definition) is 1. The summed E-state index contributed by atoms with van der Waals surface area (Å²) in [5, 5.41) is 0.670. The van der Waals surface area contributed by atoms with Gasteiger partial charge >= 0.3 is 0 Å². The topological polar surface area (TPSA) is 17.1 Å². The van der Waals surface area contributed by atoms with E-state index < -0.39 is 5.92 Å². The van der Waals surface area contributed by atoms with Crippen LogP contribution < -0.4 is 0 Å². The molecule has 0 heterocycles. The third-order valence-corrected chi connectivity index (χ3v) is 2.31. The molecule has 0 aromatic heterocycles. The van der Waals surface area contributed by atoms with E-state index >= 15 is 0 Å². The molecule has 15 heavy (non-hydrogen) atoms. The standard InChI is InChI=1S/C13H13ClO/c1-4-12(13(15)11-7-8-11)9(2)5-6-10(3)14/h1,5-7,12H,8H2,2-3H3/b9-5+,10-6+. The van der Waals surface area contributed by atoms with E-state index in [2.05, 4.69) is 5.92 Å². The lowest BCUT2D eigenvalue weighted by molar-refractivity contribution is -0.116. The lowest BCUT2D eigenvalue weighted by atomic mass is 9.94. The predicted molar refractivity (Wildman–Crippen MR) is 63.4 cm³/mol. The fraction of sp³-hybridized carbons (Fsp3) is 0.308. The normalized spacial score (nSPS) is 17.9. The molecule has 0 N–H and O–H groups in total. The van der Waals surface area contributed by atoms with Crippen LogP contribution in [0.15, 0.2) is 34.4 Å². The first-order valence-corrected chi connectivity index (χ1v) is 5.14. The highest BCUT2D eigenvalue weighted by Gasteiger charge is 2.25. The molecule has 0 bridgehead atoms. The molecular weight excluding hydrogens is 208 g/mol. The Kier molecular flexibility index (Phi) is 3.94. The smallest absolute Gasteiger partial charge is 0.177 e. The van der Waals surface area contributed by atoms with Crippen LogP contribution in [0.1, 0.15) is 20.3 Å². The zero-order valence-electron chi connectivity index (χ0n) is 8.88. The van der Waals surface area contributed by atoms with Crippen LogP contribution in [0, 0.1) is 18.3 Å². The van der Waals surface area contributed by atoms with Gasteiger partial charge in [0.1, 0.15) is 5.92 Å². The average molecular weight is 221 g/mol. The quantitative estimate of drug-likeness (QED) is 0.525. The lowest BCUT2D eigenvalue weighted by Crippen LogP contribution is -2.12. The molecule has 0 radical (unpaired) electrons. The highest BCUT2D eigenvalue weighted by atomic mass is 35.5. The van der Waals surface area contributed by atoms with Gasteiger partial charge in [-0.25, -0.2) is 0 Å². The van der Waals surface area contributed by atoms with Gasteiger partial charge in [0, 0.05) is 5.03 Å². The van der Waals surface area contributed by atoms with Crippen LogP contribution in [-0.4, -0.2) is 5.78 Å². The number of terminal acetylenes is 1. The number of ketones is 1. The molecule has 1 nitrogen and oxygen atoms in total. The number of hydrogen-bond donors (Lipinski definition) is 0. The fourth-order valence-electron chi connectivity index (χ4n) is 1.19. The molecule has 0 aromatic rings. The van der Waals surface area contributed by atoms with E-state index in [1.165, 1.54) is 0 Å². The maximum absolute atomic E-state index is 11.7. The van der Waals surface area contributed by atoms with Crippen molar-refractivity contribution in [1.82, 2.24) is 0 Å². The van der Waals surface area contributed by atoms with Crippen LogP contribution in [0.4, 0.5) is 0 Å². The van der Waals surface area contributed by atoms with Gasteiger partial charge in [0.15, 0.2) is 5.78 Å². The zero-order valence-corrected chi connectivity index (χ0v) is 9.64. The zero-order chi connectivity index (χ0) is 11.4. The Morgan fingerprint density at radius 2 is 2.20 bits per heavy atom. The summed E-state index contributed by atoms with van der Waals surface area (Å²) < 4.78 is 0. The van der Waals surface area contributed by atoms with Gasteiger partial charge in [0.25, 0.3) is 0 Å². The van der Waals surface area contributed by atoms with Crippen molar-refractivity contribution in [3.05, 3.63) is 34.4 Å². The van der Waals surface area contributed by atoms with E-state index in [1.54, 1.807) is 19.1 Å². The second-order valence-corrected chi connectivity index (χ2v) is 4.16. The Hall–Kier alpha value is -1.26. The van der Waals surface area contributed by atoms with Crippen LogP contribution in [0.2, 0.25) is 0 Å². The maximum Gasteiger partial charge on any atom is 0.177 e. The largest absolute Gasteiger partial charge is 0.293 e. The van der Waals surface area contributed by atoms with Crippen molar-refractivity contribution < 1.29 is 4.79 Å². The number of carbonyl (C=O) groups excluding carboxylic acids is 1. The average Bonchev–Trinajstić information content (AvgIpc) is 2.98. The first-order valence-electron chi connectivity index (χ1n) is 4.76. The number of halogens is 1. The second-order valence-electron chi connectivity index (χ2n) is 3.56. The van der Waals surface area contributed by atoms with Crippen LogP contribution >= 0.6 is 11.6 Å². The van der Waals surface area contributed by atoms with Crippen molar-refractivity contribution in [2.24, 2.45) is 5.92 Å². The van der Waals surface area contributed by atoms with Crippen molar-refractivity contribution in [2.75, 3.05) is 0 Å². The molecule has 1 rings (SSSR count). The molecule has 0 aromatic carbocycles. The SMILES string of the molecule is C#CC(C(=O)C1=CC1)/C(C)=C/C=C(\C)Cl. The van der Waals surface area contributed by atoms with Crippen molar-refractivity contribution in [3.63, 3.8) is 0 Å². The number of allylic oxidation sites excluding steroid dienone is 6. The molecule has 0 spiro atoms. The Bertz CT molecular complexity index is 401. The molecule has 1 aliphatic rings. The number of rotatable bonds is 4. The van der Waals surface area contributed by atoms with Gasteiger partial charge in [-0.3, -0.25) is 4.79 Å². The summed E-state index contributed by atoms with van der Waals surface area (Å²) in [6, 6.07) is 0. The Morgan fingerprint density at radius 1 is 1.60 bits per heavy atom. The van der Waals surface area contributed by atoms with Gasteiger partial charge in [0.05, 0.1) is 0 Å². The molecule has 0 amide bonds. The Morgan fingerprint density at radius 3 is 2.60 bits per heavy atom.